The Morgan fingerprint density at radius 3 is 1.91 bits per heavy atom. The Kier molecular flexibility index (Phi) is 15.4. The molecule has 0 aliphatic carbocycles. The summed E-state index contributed by atoms with van der Waals surface area (Å²) >= 11 is 2.15. The van der Waals surface area contributed by atoms with E-state index < -0.39 is 0 Å². The molecule has 1 rings (SSSR count). The van der Waals surface area contributed by atoms with Gasteiger partial charge in [0, 0.05) is 11.9 Å². The van der Waals surface area contributed by atoms with E-state index in [2.05, 4.69) is 27.6 Å². The third kappa shape index (κ3) is 9.88. The van der Waals surface area contributed by atoms with Crippen molar-refractivity contribution in [3.05, 3.63) is 30.1 Å². The molecule has 0 spiro atoms. The van der Waals surface area contributed by atoms with Crippen LogP contribution >= 0.6 is 22.6 Å². The fourth-order valence-electron chi connectivity index (χ4n) is 0.448. The van der Waals surface area contributed by atoms with Crippen LogP contribution < -0.4 is 0 Å². The number of alkyl halides is 1. The second-order valence-corrected chi connectivity index (χ2v) is 1.47. The monoisotopic (exact) mass is 265 g/mol. The van der Waals surface area contributed by atoms with Gasteiger partial charge in [-0.2, -0.15) is 0 Å². The van der Waals surface area contributed by atoms with Crippen LogP contribution in [0.3, 0.4) is 0 Å². The summed E-state index contributed by atoms with van der Waals surface area (Å²) in [7, 11) is 0. The van der Waals surface area contributed by atoms with Crippen LogP contribution in [0.25, 0.3) is 0 Å². The van der Waals surface area contributed by atoms with Crippen LogP contribution in [0.2, 0.25) is 0 Å². The zero-order valence-corrected chi connectivity index (χ0v) is 9.79. The van der Waals surface area contributed by atoms with Gasteiger partial charge in [-0.05, 0) is 24.0 Å². The first-order valence-corrected chi connectivity index (χ1v) is 5.81. The van der Waals surface area contributed by atoms with Gasteiger partial charge in [0.05, 0.1) is 0 Å². The summed E-state index contributed by atoms with van der Waals surface area (Å²) < 4.78 is 0. The van der Waals surface area contributed by atoms with Gasteiger partial charge in [-0.3, -0.25) is 4.98 Å². The Labute approximate surface area is 83.4 Å². The predicted molar refractivity (Wildman–Crippen MR) is 60.3 cm³/mol. The molecule has 0 N–H and O–H groups in total. The van der Waals surface area contributed by atoms with Crippen molar-refractivity contribution in [3.8, 4) is 0 Å². The maximum Gasteiger partial charge on any atom is 0.0372 e. The normalized spacial score (nSPS) is 6.64. The molecule has 0 amide bonds. The fraction of sp³-hybridized carbons (Fsp3) is 0.444. The molecule has 0 saturated carbocycles. The second kappa shape index (κ2) is 12.5. The Morgan fingerprint density at radius 1 is 1.18 bits per heavy atom. The first kappa shape index (κ1) is 13.5. The first-order chi connectivity index (χ1) is 5.39. The molecular formula is C9H16IN. The molecule has 1 aromatic rings. The van der Waals surface area contributed by atoms with Crippen molar-refractivity contribution in [3.63, 3.8) is 0 Å². The minimum atomic E-state index is 1.07. The molecule has 0 radical (unpaired) electrons. The fourth-order valence-corrected chi connectivity index (χ4v) is 0.448. The number of aromatic nitrogens is 1. The molecule has 0 aliphatic rings. The van der Waals surface area contributed by atoms with E-state index in [0.29, 0.717) is 0 Å². The molecule has 1 aromatic heterocycles. The molecule has 0 aliphatic heterocycles. The van der Waals surface area contributed by atoms with Crippen LogP contribution in [0.1, 0.15) is 19.5 Å². The molecule has 0 aromatic carbocycles. The van der Waals surface area contributed by atoms with Crippen molar-refractivity contribution in [2.45, 2.75) is 20.8 Å². The Morgan fingerprint density at radius 2 is 1.73 bits per heavy atom. The summed E-state index contributed by atoms with van der Waals surface area (Å²) in [4.78, 5) is 5.95. The smallest absolute Gasteiger partial charge is 0.0372 e. The van der Waals surface area contributed by atoms with Crippen molar-refractivity contribution in [1.29, 1.82) is 0 Å². The number of aryl methyl sites for hydroxylation is 1. The summed E-state index contributed by atoms with van der Waals surface area (Å²) in [6.07, 6.45) is 1.79. The van der Waals surface area contributed by atoms with Gasteiger partial charge in [-0.25, -0.2) is 0 Å². The van der Waals surface area contributed by atoms with Crippen LogP contribution in [0.5, 0.6) is 0 Å². The highest BCUT2D eigenvalue weighted by molar-refractivity contribution is 14.1. The Hall–Kier alpha value is -0.120. The summed E-state index contributed by atoms with van der Waals surface area (Å²) in [6.45, 7) is 5.97. The van der Waals surface area contributed by atoms with Crippen LogP contribution in [0.4, 0.5) is 0 Å². The van der Waals surface area contributed by atoms with Gasteiger partial charge in [0.15, 0.2) is 0 Å². The number of rotatable bonds is 0. The predicted octanol–water partition coefficient (Wildman–Crippen LogP) is 3.47. The number of hydrogen-bond donors (Lipinski definition) is 0. The molecule has 1 nitrogen and oxygen atoms in total. The maximum atomic E-state index is 3.98. The Bertz CT molecular complexity index is 139. The van der Waals surface area contributed by atoms with Gasteiger partial charge < -0.3 is 0 Å². The standard InChI is InChI=1S/C6H7N.C2H6.CH3I/c1-6-4-2-3-5-7-6;2*1-2/h2-5H,1H3;1-2H3;1H3. The lowest BCUT2D eigenvalue weighted by molar-refractivity contribution is 1.20. The van der Waals surface area contributed by atoms with Gasteiger partial charge in [-0.15, -0.1) is 0 Å². The summed E-state index contributed by atoms with van der Waals surface area (Å²) in [5.74, 6) is 0. The summed E-state index contributed by atoms with van der Waals surface area (Å²) in [5.41, 5.74) is 1.07. The Balaban J connectivity index is 0. The average Bonchev–Trinajstić information content (AvgIpc) is 2.13. The molecule has 64 valence electrons. The van der Waals surface area contributed by atoms with Gasteiger partial charge in [0.1, 0.15) is 0 Å². The number of halogens is 1. The highest BCUT2D eigenvalue weighted by Crippen LogP contribution is 1.85. The lowest BCUT2D eigenvalue weighted by atomic mass is 10.4. The second-order valence-electron chi connectivity index (χ2n) is 1.47. The van der Waals surface area contributed by atoms with Gasteiger partial charge >= 0.3 is 0 Å². The van der Waals surface area contributed by atoms with Crippen LogP contribution in [-0.4, -0.2) is 9.91 Å². The topological polar surface area (TPSA) is 12.9 Å². The number of hydrogen-bond acceptors (Lipinski definition) is 1. The van der Waals surface area contributed by atoms with Crippen LogP contribution in [0, 0.1) is 6.92 Å². The molecular weight excluding hydrogens is 249 g/mol. The minimum absolute atomic E-state index is 1.07. The lowest BCUT2D eigenvalue weighted by Crippen LogP contribution is -1.72. The lowest BCUT2D eigenvalue weighted by Gasteiger charge is -1.82. The minimum Gasteiger partial charge on any atom is -0.262 e. The van der Waals surface area contributed by atoms with E-state index in [1.807, 2.05) is 43.9 Å². The van der Waals surface area contributed by atoms with Crippen LogP contribution in [-0.2, 0) is 0 Å². The third-order valence-corrected chi connectivity index (χ3v) is 0.813. The van der Waals surface area contributed by atoms with E-state index >= 15 is 0 Å². The highest BCUT2D eigenvalue weighted by atomic mass is 127. The van der Waals surface area contributed by atoms with Crippen molar-refractivity contribution >= 4 is 22.6 Å². The quantitative estimate of drug-likeness (QED) is 0.517. The summed E-state index contributed by atoms with van der Waals surface area (Å²) in [6, 6.07) is 5.86. The molecule has 0 fully saturated rings. The van der Waals surface area contributed by atoms with Crippen molar-refractivity contribution in [2.24, 2.45) is 0 Å². The van der Waals surface area contributed by atoms with E-state index in [1.165, 1.54) is 0 Å². The van der Waals surface area contributed by atoms with Gasteiger partial charge in [-0.1, -0.05) is 42.5 Å². The number of pyridine rings is 1. The molecule has 1 heterocycles. The van der Waals surface area contributed by atoms with E-state index in [4.69, 9.17) is 0 Å². The average molecular weight is 265 g/mol. The van der Waals surface area contributed by atoms with Crippen molar-refractivity contribution in [1.82, 2.24) is 4.98 Å². The molecule has 2 heteroatoms. The molecule has 0 atom stereocenters. The first-order valence-electron chi connectivity index (χ1n) is 3.65. The van der Waals surface area contributed by atoms with Gasteiger partial charge in [0.2, 0.25) is 0 Å². The zero-order chi connectivity index (χ0) is 9.11. The maximum absolute atomic E-state index is 3.98. The van der Waals surface area contributed by atoms with Crippen molar-refractivity contribution < 1.29 is 0 Å². The van der Waals surface area contributed by atoms with Gasteiger partial charge in [0.25, 0.3) is 0 Å². The third-order valence-electron chi connectivity index (χ3n) is 0.813. The van der Waals surface area contributed by atoms with Crippen molar-refractivity contribution in [2.75, 3.05) is 4.93 Å². The number of nitrogens with zero attached hydrogens (tertiary/aromatic N) is 1. The van der Waals surface area contributed by atoms with Crippen LogP contribution in [0.15, 0.2) is 24.4 Å². The van der Waals surface area contributed by atoms with E-state index in [1.54, 1.807) is 6.20 Å². The zero-order valence-electron chi connectivity index (χ0n) is 7.63. The SMILES string of the molecule is CC.CI.Cc1ccccn1. The van der Waals surface area contributed by atoms with E-state index in [-0.39, 0.29) is 0 Å². The van der Waals surface area contributed by atoms with E-state index in [0.717, 1.165) is 5.69 Å². The highest BCUT2D eigenvalue weighted by Gasteiger charge is 1.73. The molecule has 0 bridgehead atoms. The molecule has 0 unspecified atom stereocenters. The van der Waals surface area contributed by atoms with E-state index in [9.17, 15) is 0 Å². The summed E-state index contributed by atoms with van der Waals surface area (Å²) in [5, 5.41) is 0. The molecule has 11 heavy (non-hydrogen) atoms. The molecule has 0 saturated heterocycles. The largest absolute Gasteiger partial charge is 0.262 e.